The molecule has 1 aliphatic heterocycles. The summed E-state index contributed by atoms with van der Waals surface area (Å²) < 4.78 is 11.0. The molecule has 0 fully saturated rings. The van der Waals surface area contributed by atoms with Crippen molar-refractivity contribution in [3.8, 4) is 5.75 Å². The largest absolute Gasteiger partial charge is 0.496 e. The SMILES string of the molecule is COc1ccccc1[C@@H]1COC(=O)[C@H](CC(=O)NCc2ccc(Cl)cc2)CC=CCCC(=O)N1. The number of carbonyl (C=O) groups excluding carboxylic acids is 3. The number of ether oxygens (including phenoxy) is 2. The normalized spacial score (nSPS) is 19.2. The van der Waals surface area contributed by atoms with Gasteiger partial charge in [-0.05, 0) is 36.6 Å². The van der Waals surface area contributed by atoms with Crippen molar-refractivity contribution in [2.24, 2.45) is 5.92 Å². The molecular formula is C26H29ClN2O5. The summed E-state index contributed by atoms with van der Waals surface area (Å²) in [5.41, 5.74) is 1.63. The molecule has 34 heavy (non-hydrogen) atoms. The maximum absolute atomic E-state index is 12.9. The third-order valence-corrected chi connectivity index (χ3v) is 5.79. The molecule has 0 saturated heterocycles. The van der Waals surface area contributed by atoms with Gasteiger partial charge in [0, 0.05) is 30.0 Å². The second kappa shape index (κ2) is 12.8. The first-order valence-corrected chi connectivity index (χ1v) is 11.6. The van der Waals surface area contributed by atoms with Crippen molar-refractivity contribution in [3.05, 3.63) is 76.8 Å². The van der Waals surface area contributed by atoms with Gasteiger partial charge >= 0.3 is 5.97 Å². The van der Waals surface area contributed by atoms with Gasteiger partial charge in [0.1, 0.15) is 12.4 Å². The minimum atomic E-state index is -0.630. The van der Waals surface area contributed by atoms with Crippen LogP contribution < -0.4 is 15.4 Å². The fraction of sp³-hybridized carbons (Fsp3) is 0.346. The number of nitrogens with one attached hydrogen (secondary N) is 2. The van der Waals surface area contributed by atoms with Crippen LogP contribution in [0.25, 0.3) is 0 Å². The van der Waals surface area contributed by atoms with Gasteiger partial charge in [-0.3, -0.25) is 14.4 Å². The number of methoxy groups -OCH3 is 1. The van der Waals surface area contributed by atoms with Gasteiger partial charge in [-0.1, -0.05) is 54.1 Å². The molecule has 2 amide bonds. The summed E-state index contributed by atoms with van der Waals surface area (Å²) in [6.45, 7) is 0.285. The van der Waals surface area contributed by atoms with Gasteiger partial charge in [-0.2, -0.15) is 0 Å². The van der Waals surface area contributed by atoms with Crippen molar-refractivity contribution in [2.45, 2.75) is 38.3 Å². The lowest BCUT2D eigenvalue weighted by Crippen LogP contribution is -2.34. The molecule has 0 aliphatic carbocycles. The fourth-order valence-electron chi connectivity index (χ4n) is 3.67. The second-order valence-electron chi connectivity index (χ2n) is 8.04. The molecule has 8 heteroatoms. The number of amides is 2. The van der Waals surface area contributed by atoms with Crippen molar-refractivity contribution in [1.82, 2.24) is 10.6 Å². The zero-order chi connectivity index (χ0) is 24.3. The molecule has 2 aromatic rings. The van der Waals surface area contributed by atoms with E-state index >= 15 is 0 Å². The lowest BCUT2D eigenvalue weighted by molar-refractivity contribution is -0.151. The van der Waals surface area contributed by atoms with E-state index in [1.54, 1.807) is 25.3 Å². The number of cyclic esters (lactones) is 1. The van der Waals surface area contributed by atoms with E-state index in [9.17, 15) is 14.4 Å². The molecule has 2 aromatic carbocycles. The molecule has 0 saturated carbocycles. The van der Waals surface area contributed by atoms with Crippen LogP contribution in [0, 0.1) is 5.92 Å². The van der Waals surface area contributed by atoms with Crippen LogP contribution in [0.4, 0.5) is 0 Å². The summed E-state index contributed by atoms with van der Waals surface area (Å²) in [5, 5.41) is 6.39. The Morgan fingerprint density at radius 2 is 1.91 bits per heavy atom. The molecule has 7 nitrogen and oxygen atoms in total. The molecule has 3 rings (SSSR count). The molecule has 1 aliphatic rings. The quantitative estimate of drug-likeness (QED) is 0.475. The van der Waals surface area contributed by atoms with Crippen molar-refractivity contribution >= 4 is 29.4 Å². The number of hydrogen-bond acceptors (Lipinski definition) is 5. The van der Waals surface area contributed by atoms with Gasteiger partial charge in [0.2, 0.25) is 11.8 Å². The number of halogens is 1. The highest BCUT2D eigenvalue weighted by Crippen LogP contribution is 2.26. The summed E-state index contributed by atoms with van der Waals surface area (Å²) in [6.07, 6.45) is 4.88. The molecule has 0 spiro atoms. The minimum absolute atomic E-state index is 0.00243. The van der Waals surface area contributed by atoms with Gasteiger partial charge in [-0.25, -0.2) is 0 Å². The number of carbonyl (C=O) groups is 3. The highest BCUT2D eigenvalue weighted by molar-refractivity contribution is 6.30. The first kappa shape index (κ1) is 25.3. The lowest BCUT2D eigenvalue weighted by atomic mass is 9.99. The van der Waals surface area contributed by atoms with Gasteiger partial charge in [0.15, 0.2) is 0 Å². The van der Waals surface area contributed by atoms with Crippen molar-refractivity contribution in [1.29, 1.82) is 0 Å². The molecule has 180 valence electrons. The smallest absolute Gasteiger partial charge is 0.309 e. The first-order chi connectivity index (χ1) is 16.5. The Morgan fingerprint density at radius 1 is 1.15 bits per heavy atom. The van der Waals surface area contributed by atoms with Gasteiger partial charge in [0.05, 0.1) is 19.1 Å². The van der Waals surface area contributed by atoms with E-state index in [-0.39, 0.29) is 24.8 Å². The van der Waals surface area contributed by atoms with E-state index in [4.69, 9.17) is 21.1 Å². The molecule has 1 heterocycles. The van der Waals surface area contributed by atoms with Crippen molar-refractivity contribution < 1.29 is 23.9 Å². The Kier molecular flexibility index (Phi) is 9.52. The molecule has 0 aromatic heterocycles. The third kappa shape index (κ3) is 7.63. The maximum atomic E-state index is 12.9. The van der Waals surface area contributed by atoms with Crippen molar-refractivity contribution in [3.63, 3.8) is 0 Å². The predicted octanol–water partition coefficient (Wildman–Crippen LogP) is 4.11. The Bertz CT molecular complexity index is 1020. The topological polar surface area (TPSA) is 93.7 Å². The van der Waals surface area contributed by atoms with Crippen LogP contribution in [-0.4, -0.2) is 31.5 Å². The van der Waals surface area contributed by atoms with Crippen LogP contribution in [0.2, 0.25) is 5.02 Å². The number of rotatable bonds is 6. The average molecular weight is 485 g/mol. The van der Waals surface area contributed by atoms with E-state index in [2.05, 4.69) is 10.6 Å². The third-order valence-electron chi connectivity index (χ3n) is 5.54. The van der Waals surface area contributed by atoms with Gasteiger partial charge in [-0.15, -0.1) is 0 Å². The molecular weight excluding hydrogens is 456 g/mol. The first-order valence-electron chi connectivity index (χ1n) is 11.2. The second-order valence-corrected chi connectivity index (χ2v) is 8.48. The van der Waals surface area contributed by atoms with Crippen molar-refractivity contribution in [2.75, 3.05) is 13.7 Å². The molecule has 2 atom stereocenters. The summed E-state index contributed by atoms with van der Waals surface area (Å²) in [6, 6.07) is 13.9. The number of para-hydroxylation sites is 1. The van der Waals surface area contributed by atoms with E-state index in [0.29, 0.717) is 36.6 Å². The molecule has 0 unspecified atom stereocenters. The molecule has 0 radical (unpaired) electrons. The van der Waals surface area contributed by atoms with Crippen LogP contribution in [0.3, 0.4) is 0 Å². The lowest BCUT2D eigenvalue weighted by Gasteiger charge is -2.23. The van der Waals surface area contributed by atoms with Crippen LogP contribution in [0.1, 0.15) is 42.9 Å². The standard InChI is InChI=1S/C26H29ClN2O5/c1-33-23-9-6-5-8-21(23)22-17-34-26(32)19(7-3-2-4-10-24(30)29-22)15-25(31)28-16-18-11-13-20(27)14-12-18/h2-3,5-6,8-9,11-14,19,22H,4,7,10,15-17H2,1H3,(H,28,31)(H,29,30)/t19-,22-/m0/s1. The number of esters is 1. The van der Waals surface area contributed by atoms with E-state index in [1.165, 1.54) is 0 Å². The average Bonchev–Trinajstić information content (AvgIpc) is 2.84. The van der Waals surface area contributed by atoms with Crippen LogP contribution in [0.15, 0.2) is 60.7 Å². The van der Waals surface area contributed by atoms with E-state index in [0.717, 1.165) is 11.1 Å². The fourth-order valence-corrected chi connectivity index (χ4v) is 3.79. The zero-order valence-corrected chi connectivity index (χ0v) is 19.8. The monoisotopic (exact) mass is 484 g/mol. The highest BCUT2D eigenvalue weighted by atomic mass is 35.5. The minimum Gasteiger partial charge on any atom is -0.496 e. The van der Waals surface area contributed by atoms with Gasteiger partial charge < -0.3 is 20.1 Å². The van der Waals surface area contributed by atoms with Crippen LogP contribution in [0.5, 0.6) is 5.75 Å². The number of allylic oxidation sites excluding steroid dienone is 2. The zero-order valence-electron chi connectivity index (χ0n) is 19.1. The molecule has 2 N–H and O–H groups in total. The van der Waals surface area contributed by atoms with Crippen LogP contribution in [-0.2, 0) is 25.7 Å². The Morgan fingerprint density at radius 3 is 2.68 bits per heavy atom. The summed E-state index contributed by atoms with van der Waals surface area (Å²) >= 11 is 5.89. The van der Waals surface area contributed by atoms with E-state index in [1.807, 2.05) is 42.5 Å². The Labute approximate surface area is 204 Å². The summed E-state index contributed by atoms with van der Waals surface area (Å²) in [4.78, 5) is 37.8. The van der Waals surface area contributed by atoms with Crippen LogP contribution >= 0.6 is 11.6 Å². The Hall–Kier alpha value is -3.32. The maximum Gasteiger partial charge on any atom is 0.309 e. The highest BCUT2D eigenvalue weighted by Gasteiger charge is 2.26. The van der Waals surface area contributed by atoms with Gasteiger partial charge in [0.25, 0.3) is 0 Å². The Balaban J connectivity index is 1.67. The van der Waals surface area contributed by atoms with E-state index < -0.39 is 17.9 Å². The number of benzene rings is 2. The summed E-state index contributed by atoms with van der Waals surface area (Å²) in [5.74, 6) is -0.910. The summed E-state index contributed by atoms with van der Waals surface area (Å²) in [7, 11) is 1.55. The predicted molar refractivity (Wildman–Crippen MR) is 129 cm³/mol. The molecule has 0 bridgehead atoms. The number of hydrogen-bond donors (Lipinski definition) is 2.